The van der Waals surface area contributed by atoms with Crippen molar-refractivity contribution >= 4 is 23.4 Å². The maximum Gasteiger partial charge on any atom is 0.255 e. The topological polar surface area (TPSA) is 41.6 Å². The average Bonchev–Trinajstić information content (AvgIpc) is 3.25. The minimum atomic E-state index is -0.0768. The van der Waals surface area contributed by atoms with Crippen LogP contribution in [-0.4, -0.2) is 41.5 Å². The van der Waals surface area contributed by atoms with Crippen molar-refractivity contribution in [2.45, 2.75) is 45.3 Å². The van der Waals surface area contributed by atoms with Crippen LogP contribution in [0.4, 0.5) is 5.69 Å². The van der Waals surface area contributed by atoms with Gasteiger partial charge in [0.2, 0.25) is 0 Å². The van der Waals surface area contributed by atoms with Gasteiger partial charge in [-0.25, -0.2) is 0 Å². The van der Waals surface area contributed by atoms with Crippen molar-refractivity contribution in [2.24, 2.45) is 0 Å². The van der Waals surface area contributed by atoms with Crippen molar-refractivity contribution in [1.29, 1.82) is 0 Å². The molecule has 0 bridgehead atoms. The number of rotatable bonds is 6. The van der Waals surface area contributed by atoms with Crippen LogP contribution < -0.4 is 10.1 Å². The maximum atomic E-state index is 12.8. The summed E-state index contributed by atoms with van der Waals surface area (Å²) in [7, 11) is 0. The Morgan fingerprint density at radius 1 is 1.10 bits per heavy atom. The molecular formula is C24H30N2O2S. The Kier molecular flexibility index (Phi) is 6.78. The van der Waals surface area contributed by atoms with Gasteiger partial charge in [-0.05, 0) is 74.1 Å². The van der Waals surface area contributed by atoms with Crippen LogP contribution >= 0.6 is 11.8 Å². The monoisotopic (exact) mass is 410 g/mol. The lowest BCUT2D eigenvalue weighted by molar-refractivity contribution is 0.102. The predicted molar refractivity (Wildman–Crippen MR) is 121 cm³/mol. The van der Waals surface area contributed by atoms with E-state index >= 15 is 0 Å². The van der Waals surface area contributed by atoms with Gasteiger partial charge < -0.3 is 10.1 Å². The summed E-state index contributed by atoms with van der Waals surface area (Å²) in [4.78, 5) is 15.3. The fourth-order valence-corrected chi connectivity index (χ4v) is 5.05. The predicted octanol–water partition coefficient (Wildman–Crippen LogP) is 5.12. The molecule has 1 aliphatic heterocycles. The first kappa shape index (κ1) is 20.3. The largest absolute Gasteiger partial charge is 0.490 e. The maximum absolute atomic E-state index is 12.8. The molecular weight excluding hydrogens is 380 g/mol. The van der Waals surface area contributed by atoms with Gasteiger partial charge in [-0.2, -0.15) is 11.8 Å². The Morgan fingerprint density at radius 3 is 2.55 bits per heavy atom. The number of nitrogens with zero attached hydrogens (tertiary/aromatic N) is 1. The van der Waals surface area contributed by atoms with Gasteiger partial charge in [0.25, 0.3) is 5.91 Å². The minimum absolute atomic E-state index is 0.0768. The highest BCUT2D eigenvalue weighted by Gasteiger charge is 2.17. The lowest BCUT2D eigenvalue weighted by Gasteiger charge is -2.27. The molecule has 1 N–H and O–H groups in total. The van der Waals surface area contributed by atoms with Gasteiger partial charge in [-0.3, -0.25) is 9.69 Å². The molecule has 1 saturated carbocycles. The van der Waals surface area contributed by atoms with E-state index in [4.69, 9.17) is 4.74 Å². The number of hydrogen-bond acceptors (Lipinski definition) is 4. The molecule has 0 atom stereocenters. The van der Waals surface area contributed by atoms with Crippen LogP contribution in [0.5, 0.6) is 5.75 Å². The number of anilines is 1. The fourth-order valence-electron chi connectivity index (χ4n) is 4.07. The van der Waals surface area contributed by atoms with Crippen molar-refractivity contribution in [3.05, 3.63) is 59.2 Å². The van der Waals surface area contributed by atoms with Gasteiger partial charge in [-0.1, -0.05) is 12.1 Å². The molecule has 1 amide bonds. The number of thioether (sulfide) groups is 1. The van der Waals surface area contributed by atoms with Crippen LogP contribution in [0.15, 0.2) is 42.5 Å². The first-order valence-electron chi connectivity index (χ1n) is 10.7. The summed E-state index contributed by atoms with van der Waals surface area (Å²) < 4.78 is 6.00. The van der Waals surface area contributed by atoms with E-state index in [-0.39, 0.29) is 5.91 Å². The second kappa shape index (κ2) is 9.68. The molecule has 0 radical (unpaired) electrons. The summed E-state index contributed by atoms with van der Waals surface area (Å²) >= 11 is 2.02. The Morgan fingerprint density at radius 2 is 1.83 bits per heavy atom. The Bertz CT molecular complexity index is 825. The zero-order valence-electron chi connectivity index (χ0n) is 17.2. The zero-order chi connectivity index (χ0) is 20.1. The lowest BCUT2D eigenvalue weighted by Crippen LogP contribution is -2.32. The summed E-state index contributed by atoms with van der Waals surface area (Å²) in [6.07, 6.45) is 5.10. The van der Waals surface area contributed by atoms with Crippen LogP contribution in [-0.2, 0) is 6.54 Å². The fraction of sp³-hybridized carbons (Fsp3) is 0.458. The summed E-state index contributed by atoms with van der Waals surface area (Å²) in [5, 5.41) is 3.09. The third-order valence-corrected chi connectivity index (χ3v) is 6.86. The van der Waals surface area contributed by atoms with Gasteiger partial charge in [-0.15, -0.1) is 0 Å². The third-order valence-electron chi connectivity index (χ3n) is 5.91. The number of hydrogen-bond donors (Lipinski definition) is 1. The first-order valence-corrected chi connectivity index (χ1v) is 11.8. The van der Waals surface area contributed by atoms with Crippen LogP contribution in [0, 0.1) is 6.92 Å². The smallest absolute Gasteiger partial charge is 0.255 e. The number of benzene rings is 2. The van der Waals surface area contributed by atoms with E-state index in [1.165, 1.54) is 29.9 Å². The second-order valence-electron chi connectivity index (χ2n) is 7.98. The highest BCUT2D eigenvalue weighted by atomic mass is 32.2. The highest BCUT2D eigenvalue weighted by Crippen LogP contribution is 2.25. The van der Waals surface area contributed by atoms with Gasteiger partial charge in [0, 0.05) is 42.4 Å². The Hall–Kier alpha value is -1.98. The SMILES string of the molecule is Cc1c(CN2CCSCC2)cccc1NC(=O)c1ccc(OC2CCCC2)cc1. The van der Waals surface area contributed by atoms with Crippen molar-refractivity contribution in [1.82, 2.24) is 4.90 Å². The van der Waals surface area contributed by atoms with Gasteiger partial charge in [0.1, 0.15) is 5.75 Å². The zero-order valence-corrected chi connectivity index (χ0v) is 18.0. The van der Waals surface area contributed by atoms with Crippen molar-refractivity contribution < 1.29 is 9.53 Å². The van der Waals surface area contributed by atoms with E-state index in [0.717, 1.165) is 49.5 Å². The molecule has 5 heteroatoms. The van der Waals surface area contributed by atoms with E-state index < -0.39 is 0 Å². The van der Waals surface area contributed by atoms with Gasteiger partial charge >= 0.3 is 0 Å². The summed E-state index contributed by atoms with van der Waals surface area (Å²) in [6, 6.07) is 13.7. The Balaban J connectivity index is 1.39. The molecule has 2 aliphatic rings. The van der Waals surface area contributed by atoms with Crippen molar-refractivity contribution in [3.63, 3.8) is 0 Å². The molecule has 2 aromatic rings. The summed E-state index contributed by atoms with van der Waals surface area (Å²) in [6.45, 7) is 5.32. The van der Waals surface area contributed by atoms with Crippen LogP contribution in [0.25, 0.3) is 0 Å². The molecule has 1 heterocycles. The number of amides is 1. The van der Waals surface area contributed by atoms with Crippen molar-refractivity contribution in [3.8, 4) is 5.75 Å². The molecule has 4 rings (SSSR count). The highest BCUT2D eigenvalue weighted by molar-refractivity contribution is 7.99. The molecule has 29 heavy (non-hydrogen) atoms. The van der Waals surface area contributed by atoms with E-state index in [9.17, 15) is 4.79 Å². The minimum Gasteiger partial charge on any atom is -0.490 e. The quantitative estimate of drug-likeness (QED) is 0.718. The number of carbonyl (C=O) groups is 1. The standard InChI is InChI=1S/C24H30N2O2S/c1-18-20(17-26-13-15-29-16-14-26)5-4-8-23(18)25-24(27)19-9-11-22(12-10-19)28-21-6-2-3-7-21/h4-5,8-12,21H,2-3,6-7,13-17H2,1H3,(H,25,27). The molecule has 0 aromatic heterocycles. The number of carbonyl (C=O) groups excluding carboxylic acids is 1. The van der Waals surface area contributed by atoms with Crippen molar-refractivity contribution in [2.75, 3.05) is 29.9 Å². The number of nitrogens with one attached hydrogen (secondary N) is 1. The van der Waals surface area contributed by atoms with Gasteiger partial charge in [0.15, 0.2) is 0 Å². The molecule has 0 unspecified atom stereocenters. The summed E-state index contributed by atoms with van der Waals surface area (Å²) in [5.41, 5.74) is 3.99. The van der Waals surface area contributed by atoms with Crippen LogP contribution in [0.3, 0.4) is 0 Å². The van der Waals surface area contributed by atoms with E-state index in [2.05, 4.69) is 23.2 Å². The average molecular weight is 411 g/mol. The van der Waals surface area contributed by atoms with Crippen LogP contribution in [0.1, 0.15) is 47.2 Å². The summed E-state index contributed by atoms with van der Waals surface area (Å²) in [5.74, 6) is 3.18. The second-order valence-corrected chi connectivity index (χ2v) is 9.21. The molecule has 0 spiro atoms. The molecule has 4 nitrogen and oxygen atoms in total. The molecule has 154 valence electrons. The molecule has 1 saturated heterocycles. The van der Waals surface area contributed by atoms with E-state index in [0.29, 0.717) is 11.7 Å². The normalized spacial score (nSPS) is 18.0. The van der Waals surface area contributed by atoms with Gasteiger partial charge in [0.05, 0.1) is 6.10 Å². The van der Waals surface area contributed by atoms with E-state index in [1.807, 2.05) is 48.2 Å². The lowest BCUT2D eigenvalue weighted by atomic mass is 10.1. The molecule has 2 fully saturated rings. The van der Waals surface area contributed by atoms with Crippen LogP contribution in [0.2, 0.25) is 0 Å². The first-order chi connectivity index (χ1) is 14.2. The Labute approximate surface area is 178 Å². The molecule has 2 aromatic carbocycles. The number of ether oxygens (including phenoxy) is 1. The third kappa shape index (κ3) is 5.34. The molecule has 1 aliphatic carbocycles. The van der Waals surface area contributed by atoms with E-state index in [1.54, 1.807) is 0 Å².